The minimum Gasteiger partial charge on any atom is -0.317 e. The van der Waals surface area contributed by atoms with Crippen molar-refractivity contribution in [2.45, 2.75) is 144 Å². The van der Waals surface area contributed by atoms with E-state index < -0.39 is 0 Å². The highest BCUT2D eigenvalue weighted by Gasteiger charge is 2.39. The quantitative estimate of drug-likeness (QED) is 0.247. The lowest BCUT2D eigenvalue weighted by Crippen LogP contribution is -2.34. The van der Waals surface area contributed by atoms with Gasteiger partial charge in [0.2, 0.25) is 0 Å². The molecule has 0 saturated heterocycles. The Labute approximate surface area is 215 Å². The van der Waals surface area contributed by atoms with Gasteiger partial charge in [-0.25, -0.2) is 0 Å². The molecule has 3 aliphatic rings. The molecule has 0 aromatic heterocycles. The van der Waals surface area contributed by atoms with E-state index in [1.54, 1.807) is 6.42 Å². The predicted molar refractivity (Wildman–Crippen MR) is 151 cm³/mol. The molecule has 1 heteroatoms. The molecule has 3 fully saturated rings. The fraction of sp³-hybridized carbons (Fsp3) is 1.00. The lowest BCUT2D eigenvalue weighted by Gasteiger charge is -2.42. The van der Waals surface area contributed by atoms with Crippen LogP contribution in [0, 0.1) is 53.3 Å². The zero-order valence-corrected chi connectivity index (χ0v) is 24.1. The largest absolute Gasteiger partial charge is 0.317 e. The Morgan fingerprint density at radius 1 is 0.706 bits per heavy atom. The molecule has 1 nitrogen and oxygen atoms in total. The summed E-state index contributed by atoms with van der Waals surface area (Å²) < 4.78 is 0. The van der Waals surface area contributed by atoms with Crippen molar-refractivity contribution >= 4 is 0 Å². The summed E-state index contributed by atoms with van der Waals surface area (Å²) in [7, 11) is 0. The van der Waals surface area contributed by atoms with Crippen molar-refractivity contribution in [1.29, 1.82) is 0 Å². The van der Waals surface area contributed by atoms with E-state index in [9.17, 15) is 0 Å². The molecule has 0 bridgehead atoms. The molecule has 0 radical (unpaired) electrons. The second-order valence-electron chi connectivity index (χ2n) is 13.4. The molecule has 3 rings (SSSR count). The summed E-state index contributed by atoms with van der Waals surface area (Å²) in [6.45, 7) is 15.0. The lowest BCUT2D eigenvalue weighted by atomic mass is 9.63. The van der Waals surface area contributed by atoms with Gasteiger partial charge in [0.25, 0.3) is 0 Å². The Balaban J connectivity index is 1.40. The first-order chi connectivity index (χ1) is 16.6. The Hall–Kier alpha value is -0.0400. The van der Waals surface area contributed by atoms with E-state index >= 15 is 0 Å². The summed E-state index contributed by atoms with van der Waals surface area (Å²) >= 11 is 0. The summed E-state index contributed by atoms with van der Waals surface area (Å²) in [5.74, 6) is 9.03. The van der Waals surface area contributed by atoms with E-state index in [2.05, 4.69) is 39.9 Å². The first-order valence-corrected chi connectivity index (χ1v) is 16.3. The zero-order valence-electron chi connectivity index (χ0n) is 24.1. The second-order valence-corrected chi connectivity index (χ2v) is 13.4. The maximum absolute atomic E-state index is 3.92. The maximum atomic E-state index is 3.92. The molecule has 0 aromatic rings. The summed E-state index contributed by atoms with van der Waals surface area (Å²) in [5, 5.41) is 3.92. The van der Waals surface area contributed by atoms with Crippen LogP contribution in [0.25, 0.3) is 0 Å². The summed E-state index contributed by atoms with van der Waals surface area (Å²) in [5.41, 5.74) is 0. The molecule has 0 amide bonds. The summed E-state index contributed by atoms with van der Waals surface area (Å²) in [6, 6.07) is 0. The molecule has 34 heavy (non-hydrogen) atoms. The highest BCUT2D eigenvalue weighted by atomic mass is 14.8. The fourth-order valence-corrected chi connectivity index (χ4v) is 8.98. The van der Waals surface area contributed by atoms with Crippen LogP contribution in [0.4, 0.5) is 0 Å². The molecule has 3 aliphatic carbocycles. The van der Waals surface area contributed by atoms with Crippen molar-refractivity contribution in [3.05, 3.63) is 0 Å². The highest BCUT2D eigenvalue weighted by Crippen LogP contribution is 2.49. The van der Waals surface area contributed by atoms with Gasteiger partial charge in [-0.05, 0) is 105 Å². The van der Waals surface area contributed by atoms with Crippen molar-refractivity contribution in [2.24, 2.45) is 53.3 Å². The molecule has 1 N–H and O–H groups in total. The molecule has 0 heterocycles. The zero-order chi connectivity index (χ0) is 24.3. The normalized spacial score (nSPS) is 36.4. The van der Waals surface area contributed by atoms with E-state index in [1.807, 2.05) is 0 Å². The first kappa shape index (κ1) is 28.5. The van der Waals surface area contributed by atoms with Crippen molar-refractivity contribution in [3.63, 3.8) is 0 Å². The molecule has 3 saturated carbocycles. The SMILES string of the molecule is CCCC(CCNCCC(CC)CC1CCCCC1CC)C1CCC(C)C(C2CCCC2C)C1. The van der Waals surface area contributed by atoms with Crippen LogP contribution in [0.5, 0.6) is 0 Å². The van der Waals surface area contributed by atoms with E-state index in [0.717, 1.165) is 53.3 Å². The van der Waals surface area contributed by atoms with Crippen molar-refractivity contribution in [2.75, 3.05) is 13.1 Å². The van der Waals surface area contributed by atoms with Gasteiger partial charge in [0.1, 0.15) is 0 Å². The van der Waals surface area contributed by atoms with E-state index in [-0.39, 0.29) is 0 Å². The van der Waals surface area contributed by atoms with Crippen LogP contribution < -0.4 is 5.32 Å². The van der Waals surface area contributed by atoms with Crippen LogP contribution in [0.2, 0.25) is 0 Å². The summed E-state index contributed by atoms with van der Waals surface area (Å²) in [6.07, 6.45) is 25.1. The van der Waals surface area contributed by atoms with Crippen LogP contribution >= 0.6 is 0 Å². The third-order valence-corrected chi connectivity index (χ3v) is 11.3. The predicted octanol–water partition coefficient (Wildman–Crippen LogP) is 9.89. The standard InChI is InChI=1S/C33H63N/c1-6-12-29(31-18-17-26(5)33(24-31)32-16-11-13-25(32)4)20-22-34-21-19-27(7-2)23-30-15-10-9-14-28(30)8-3/h25-34H,6-24H2,1-5H3. The molecule has 0 aromatic carbocycles. The third-order valence-electron chi connectivity index (χ3n) is 11.3. The second kappa shape index (κ2) is 15.3. The molecule has 0 aliphatic heterocycles. The van der Waals surface area contributed by atoms with Gasteiger partial charge in [0.05, 0.1) is 0 Å². The molecular formula is C33H63N. The monoisotopic (exact) mass is 473 g/mol. The Bertz CT molecular complexity index is 529. The third kappa shape index (κ3) is 8.24. The molecule has 9 atom stereocenters. The first-order valence-electron chi connectivity index (χ1n) is 16.3. The number of hydrogen-bond donors (Lipinski definition) is 1. The minimum absolute atomic E-state index is 0.949. The van der Waals surface area contributed by atoms with Gasteiger partial charge >= 0.3 is 0 Å². The Kier molecular flexibility index (Phi) is 12.8. The van der Waals surface area contributed by atoms with Gasteiger partial charge in [0, 0.05) is 0 Å². The van der Waals surface area contributed by atoms with E-state index in [4.69, 9.17) is 0 Å². The average molecular weight is 474 g/mol. The van der Waals surface area contributed by atoms with Gasteiger partial charge < -0.3 is 5.32 Å². The topological polar surface area (TPSA) is 12.0 Å². The Morgan fingerprint density at radius 2 is 1.44 bits per heavy atom. The number of rotatable bonds is 14. The van der Waals surface area contributed by atoms with Gasteiger partial charge in [-0.15, -0.1) is 0 Å². The van der Waals surface area contributed by atoms with Crippen molar-refractivity contribution in [1.82, 2.24) is 5.32 Å². The van der Waals surface area contributed by atoms with Crippen molar-refractivity contribution < 1.29 is 0 Å². The van der Waals surface area contributed by atoms with Crippen LogP contribution in [0.15, 0.2) is 0 Å². The average Bonchev–Trinajstić information content (AvgIpc) is 3.28. The molecular weight excluding hydrogens is 410 g/mol. The molecule has 0 spiro atoms. The summed E-state index contributed by atoms with van der Waals surface area (Å²) in [4.78, 5) is 0. The van der Waals surface area contributed by atoms with E-state index in [0.29, 0.717) is 0 Å². The smallest absolute Gasteiger partial charge is 0.00462 e. The van der Waals surface area contributed by atoms with Gasteiger partial charge in [0.15, 0.2) is 0 Å². The minimum atomic E-state index is 0.949. The Morgan fingerprint density at radius 3 is 2.12 bits per heavy atom. The lowest BCUT2D eigenvalue weighted by molar-refractivity contribution is 0.0796. The molecule has 9 unspecified atom stereocenters. The molecule has 200 valence electrons. The number of hydrogen-bond acceptors (Lipinski definition) is 1. The maximum Gasteiger partial charge on any atom is -0.00462 e. The van der Waals surface area contributed by atoms with E-state index in [1.165, 1.54) is 116 Å². The van der Waals surface area contributed by atoms with Gasteiger partial charge in [-0.2, -0.15) is 0 Å². The fourth-order valence-electron chi connectivity index (χ4n) is 8.98. The number of nitrogens with one attached hydrogen (secondary N) is 1. The van der Waals surface area contributed by atoms with Crippen LogP contribution in [0.3, 0.4) is 0 Å². The van der Waals surface area contributed by atoms with Crippen molar-refractivity contribution in [3.8, 4) is 0 Å². The van der Waals surface area contributed by atoms with Crippen LogP contribution in [-0.2, 0) is 0 Å². The van der Waals surface area contributed by atoms with Gasteiger partial charge in [-0.1, -0.05) is 105 Å². The van der Waals surface area contributed by atoms with Crippen LogP contribution in [0.1, 0.15) is 144 Å². The van der Waals surface area contributed by atoms with Crippen LogP contribution in [-0.4, -0.2) is 13.1 Å². The highest BCUT2D eigenvalue weighted by molar-refractivity contribution is 4.89. The van der Waals surface area contributed by atoms with Gasteiger partial charge in [-0.3, -0.25) is 0 Å².